The quantitative estimate of drug-likeness (QED) is 0.890. The van der Waals surface area contributed by atoms with Crippen LogP contribution in [0.25, 0.3) is 0 Å². The molecule has 0 fully saturated rings. The Hall–Kier alpha value is -2.47. The first-order valence-electron chi connectivity index (χ1n) is 7.51. The highest BCUT2D eigenvalue weighted by Gasteiger charge is 2.23. The summed E-state index contributed by atoms with van der Waals surface area (Å²) in [4.78, 5) is 33.4. The number of amides is 2. The first kappa shape index (κ1) is 17.9. The van der Waals surface area contributed by atoms with Crippen LogP contribution in [-0.2, 0) is 0 Å². The second kappa shape index (κ2) is 7.40. The van der Waals surface area contributed by atoms with Crippen molar-refractivity contribution in [2.75, 3.05) is 5.32 Å². The highest BCUT2D eigenvalue weighted by atomic mass is 35.5. The number of hydrogen-bond donors (Lipinski definition) is 2. The molecule has 2 aromatic rings. The van der Waals surface area contributed by atoms with Crippen molar-refractivity contribution in [3.8, 4) is 0 Å². The summed E-state index contributed by atoms with van der Waals surface area (Å²) in [5, 5.41) is 5.80. The predicted molar refractivity (Wildman–Crippen MR) is 93.5 cm³/mol. The lowest BCUT2D eigenvalue weighted by Gasteiger charge is -2.13. The maximum absolute atomic E-state index is 12.6. The number of nitrogens with zero attached hydrogens (tertiary/aromatic N) is 2. The fourth-order valence-corrected chi connectivity index (χ4v) is 2.18. The highest BCUT2D eigenvalue weighted by Crippen LogP contribution is 2.21. The number of hydrogen-bond acceptors (Lipinski definition) is 4. The summed E-state index contributed by atoms with van der Waals surface area (Å²) >= 11 is 6.05. The molecule has 0 aliphatic heterocycles. The summed E-state index contributed by atoms with van der Waals surface area (Å²) in [7, 11) is 0. The number of aromatic nitrogens is 2. The molecular formula is C17H19ClN4O2. The third-order valence-electron chi connectivity index (χ3n) is 3.28. The fraction of sp³-hybridized carbons (Fsp3) is 0.294. The standard InChI is InChI=1S/C17H19ClN4O2/c1-9(2)19-16(23)14-15(21-11(4)10(3)20-14)17(24)22-13-8-6-5-7-12(13)18/h5-9H,1-4H3,(H,19,23)(H,22,24). The van der Waals surface area contributed by atoms with Crippen molar-refractivity contribution in [1.29, 1.82) is 0 Å². The van der Waals surface area contributed by atoms with Gasteiger partial charge in [-0.2, -0.15) is 0 Å². The van der Waals surface area contributed by atoms with E-state index in [-0.39, 0.29) is 17.4 Å². The molecule has 6 nitrogen and oxygen atoms in total. The van der Waals surface area contributed by atoms with Crippen LogP contribution in [0.1, 0.15) is 46.2 Å². The van der Waals surface area contributed by atoms with Gasteiger partial charge in [0, 0.05) is 6.04 Å². The van der Waals surface area contributed by atoms with Gasteiger partial charge >= 0.3 is 0 Å². The first-order valence-corrected chi connectivity index (χ1v) is 7.89. The molecular weight excluding hydrogens is 328 g/mol. The molecule has 126 valence electrons. The van der Waals surface area contributed by atoms with Crippen LogP contribution in [0.4, 0.5) is 5.69 Å². The number of para-hydroxylation sites is 1. The summed E-state index contributed by atoms with van der Waals surface area (Å²) in [6.07, 6.45) is 0. The molecule has 2 N–H and O–H groups in total. The Morgan fingerprint density at radius 1 is 1.00 bits per heavy atom. The number of anilines is 1. The third-order valence-corrected chi connectivity index (χ3v) is 3.61. The lowest BCUT2D eigenvalue weighted by atomic mass is 10.2. The van der Waals surface area contributed by atoms with Gasteiger partial charge in [0.25, 0.3) is 11.8 Å². The summed E-state index contributed by atoms with van der Waals surface area (Å²) in [6, 6.07) is 6.76. The number of carbonyl (C=O) groups excluding carboxylic acids is 2. The number of carbonyl (C=O) groups is 2. The fourth-order valence-electron chi connectivity index (χ4n) is 1.99. The van der Waals surface area contributed by atoms with Gasteiger partial charge in [0.2, 0.25) is 0 Å². The normalized spacial score (nSPS) is 10.6. The zero-order chi connectivity index (χ0) is 17.9. The zero-order valence-electron chi connectivity index (χ0n) is 14.0. The molecule has 0 radical (unpaired) electrons. The predicted octanol–water partition coefficient (Wildman–Crippen LogP) is 3.14. The zero-order valence-corrected chi connectivity index (χ0v) is 14.7. The summed E-state index contributed by atoms with van der Waals surface area (Å²) < 4.78 is 0. The molecule has 0 saturated carbocycles. The molecule has 0 saturated heterocycles. The van der Waals surface area contributed by atoms with Gasteiger partial charge in [0.1, 0.15) is 0 Å². The summed E-state index contributed by atoms with van der Waals surface area (Å²) in [5.41, 5.74) is 1.59. The topological polar surface area (TPSA) is 84.0 Å². The number of rotatable bonds is 4. The van der Waals surface area contributed by atoms with E-state index in [1.165, 1.54) is 0 Å². The van der Waals surface area contributed by atoms with Crippen LogP contribution in [0.2, 0.25) is 5.02 Å². The average molecular weight is 347 g/mol. The molecule has 0 aliphatic carbocycles. The number of benzene rings is 1. The van der Waals surface area contributed by atoms with Gasteiger partial charge < -0.3 is 10.6 Å². The molecule has 1 aromatic carbocycles. The van der Waals surface area contributed by atoms with E-state index in [4.69, 9.17) is 11.6 Å². The van der Waals surface area contributed by atoms with Crippen LogP contribution in [-0.4, -0.2) is 27.8 Å². The van der Waals surface area contributed by atoms with Crippen LogP contribution in [0, 0.1) is 13.8 Å². The van der Waals surface area contributed by atoms with Crippen molar-refractivity contribution in [3.63, 3.8) is 0 Å². The molecule has 24 heavy (non-hydrogen) atoms. The molecule has 0 bridgehead atoms. The SMILES string of the molecule is Cc1nc(C(=O)Nc2ccccc2Cl)c(C(=O)NC(C)C)nc1C. The Balaban J connectivity index is 2.41. The van der Waals surface area contributed by atoms with E-state index in [1.807, 2.05) is 13.8 Å². The Kier molecular flexibility index (Phi) is 5.51. The highest BCUT2D eigenvalue weighted by molar-refractivity contribution is 6.34. The van der Waals surface area contributed by atoms with Crippen LogP contribution in [0.15, 0.2) is 24.3 Å². The lowest BCUT2D eigenvalue weighted by molar-refractivity contribution is 0.0923. The molecule has 1 heterocycles. The van der Waals surface area contributed by atoms with Gasteiger partial charge in [0.05, 0.1) is 22.1 Å². The molecule has 0 spiro atoms. The van der Waals surface area contributed by atoms with Crippen LogP contribution in [0.3, 0.4) is 0 Å². The van der Waals surface area contributed by atoms with Crippen molar-refractivity contribution in [2.45, 2.75) is 33.7 Å². The van der Waals surface area contributed by atoms with Crippen molar-refractivity contribution in [1.82, 2.24) is 15.3 Å². The van der Waals surface area contributed by atoms with Crippen molar-refractivity contribution >= 4 is 29.1 Å². The summed E-state index contributed by atoms with van der Waals surface area (Å²) in [5.74, 6) is -0.975. The molecule has 2 rings (SSSR count). The smallest absolute Gasteiger partial charge is 0.276 e. The second-order valence-electron chi connectivity index (χ2n) is 5.65. The second-order valence-corrected chi connectivity index (χ2v) is 6.06. The Morgan fingerprint density at radius 2 is 1.54 bits per heavy atom. The Labute approximate surface area is 145 Å². The van der Waals surface area contributed by atoms with Gasteiger partial charge in [-0.05, 0) is 39.8 Å². The first-order chi connectivity index (χ1) is 11.3. The molecule has 0 aliphatic rings. The largest absolute Gasteiger partial charge is 0.348 e. The number of aryl methyl sites for hydroxylation is 2. The number of nitrogens with one attached hydrogen (secondary N) is 2. The van der Waals surface area contributed by atoms with Gasteiger partial charge in [-0.15, -0.1) is 0 Å². The minimum absolute atomic E-state index is 0.00338. The minimum atomic E-state index is -0.535. The van der Waals surface area contributed by atoms with Gasteiger partial charge in [-0.25, -0.2) is 9.97 Å². The van der Waals surface area contributed by atoms with Crippen LogP contribution < -0.4 is 10.6 Å². The average Bonchev–Trinajstić information content (AvgIpc) is 2.51. The van der Waals surface area contributed by atoms with Crippen LogP contribution in [0.5, 0.6) is 0 Å². The molecule has 0 unspecified atom stereocenters. The minimum Gasteiger partial charge on any atom is -0.348 e. The maximum atomic E-state index is 12.6. The van der Waals surface area contributed by atoms with Gasteiger partial charge in [0.15, 0.2) is 11.4 Å². The number of halogens is 1. The molecule has 2 amide bonds. The third kappa shape index (κ3) is 4.08. The van der Waals surface area contributed by atoms with E-state index in [0.717, 1.165) is 0 Å². The van der Waals surface area contributed by atoms with E-state index in [9.17, 15) is 9.59 Å². The Bertz CT molecular complexity index is 790. The van der Waals surface area contributed by atoms with Crippen molar-refractivity contribution < 1.29 is 9.59 Å². The molecule has 0 atom stereocenters. The molecule has 7 heteroatoms. The van der Waals surface area contributed by atoms with E-state index in [2.05, 4.69) is 20.6 Å². The lowest BCUT2D eigenvalue weighted by Crippen LogP contribution is -2.33. The van der Waals surface area contributed by atoms with E-state index < -0.39 is 11.8 Å². The Morgan fingerprint density at radius 3 is 2.08 bits per heavy atom. The van der Waals surface area contributed by atoms with Gasteiger partial charge in [-0.1, -0.05) is 23.7 Å². The van der Waals surface area contributed by atoms with Crippen molar-refractivity contribution in [3.05, 3.63) is 52.1 Å². The summed E-state index contributed by atoms with van der Waals surface area (Å²) in [6.45, 7) is 7.13. The maximum Gasteiger partial charge on any atom is 0.276 e. The van der Waals surface area contributed by atoms with E-state index in [0.29, 0.717) is 22.1 Å². The van der Waals surface area contributed by atoms with Gasteiger partial charge in [-0.3, -0.25) is 9.59 Å². The van der Waals surface area contributed by atoms with E-state index >= 15 is 0 Å². The van der Waals surface area contributed by atoms with E-state index in [1.54, 1.807) is 38.1 Å². The van der Waals surface area contributed by atoms with Crippen molar-refractivity contribution in [2.24, 2.45) is 0 Å². The molecule has 1 aromatic heterocycles. The monoisotopic (exact) mass is 346 g/mol. The van der Waals surface area contributed by atoms with Crippen LogP contribution >= 0.6 is 11.6 Å².